The lowest BCUT2D eigenvalue weighted by atomic mass is 10.1. The molecule has 0 saturated heterocycles. The Morgan fingerprint density at radius 1 is 1.25 bits per heavy atom. The lowest BCUT2D eigenvalue weighted by molar-refractivity contribution is -0.146. The van der Waals surface area contributed by atoms with Crippen LogP contribution in [0.25, 0.3) is 0 Å². The van der Waals surface area contributed by atoms with Crippen LogP contribution in [0.4, 0.5) is 0 Å². The van der Waals surface area contributed by atoms with Crippen LogP contribution < -0.4 is 15.8 Å². The van der Waals surface area contributed by atoms with Gasteiger partial charge in [-0.1, -0.05) is 25.4 Å². The third-order valence-electron chi connectivity index (χ3n) is 4.19. The van der Waals surface area contributed by atoms with Crippen molar-refractivity contribution in [3.05, 3.63) is 28.8 Å². The van der Waals surface area contributed by atoms with E-state index in [1.807, 2.05) is 20.8 Å². The monoisotopic (exact) mass is 411 g/mol. The molecule has 28 heavy (non-hydrogen) atoms. The molecule has 0 radical (unpaired) electrons. The molecule has 3 amide bonds. The van der Waals surface area contributed by atoms with E-state index in [2.05, 4.69) is 5.32 Å². The lowest BCUT2D eigenvalue weighted by Gasteiger charge is -2.31. The Kier molecular flexibility index (Phi) is 9.79. The molecule has 0 aliphatic heterocycles. The van der Waals surface area contributed by atoms with Crippen LogP contribution in [0.2, 0.25) is 5.02 Å². The van der Waals surface area contributed by atoms with E-state index in [9.17, 15) is 14.4 Å². The molecule has 3 N–H and O–H groups in total. The normalized spacial score (nSPS) is 12.8. The second-order valence-electron chi connectivity index (χ2n) is 6.67. The first kappa shape index (κ1) is 23.8. The Morgan fingerprint density at radius 3 is 2.46 bits per heavy atom. The molecule has 0 saturated carbocycles. The molecule has 0 aromatic heterocycles. The van der Waals surface area contributed by atoms with Gasteiger partial charge < -0.3 is 20.7 Å². The first-order valence-electron chi connectivity index (χ1n) is 9.50. The summed E-state index contributed by atoms with van der Waals surface area (Å²) in [6.07, 6.45) is 0.356. The van der Waals surface area contributed by atoms with E-state index in [0.717, 1.165) is 12.0 Å². The highest BCUT2D eigenvalue weighted by atomic mass is 35.5. The maximum Gasteiger partial charge on any atom is 0.264 e. The molecule has 1 aromatic carbocycles. The highest BCUT2D eigenvalue weighted by molar-refractivity contribution is 6.30. The van der Waals surface area contributed by atoms with Crippen LogP contribution in [0.3, 0.4) is 0 Å². The summed E-state index contributed by atoms with van der Waals surface area (Å²) in [7, 11) is 0. The van der Waals surface area contributed by atoms with Crippen LogP contribution in [-0.4, -0.2) is 47.9 Å². The number of carbonyl (C=O) groups is 3. The van der Waals surface area contributed by atoms with Gasteiger partial charge in [0.15, 0.2) is 6.10 Å². The molecule has 0 unspecified atom stereocenters. The highest BCUT2D eigenvalue weighted by Gasteiger charge is 2.33. The second kappa shape index (κ2) is 11.5. The smallest absolute Gasteiger partial charge is 0.264 e. The number of aryl methyl sites for hydroxylation is 1. The van der Waals surface area contributed by atoms with Crippen LogP contribution >= 0.6 is 11.6 Å². The fourth-order valence-electron chi connectivity index (χ4n) is 2.76. The van der Waals surface area contributed by atoms with Crippen molar-refractivity contribution in [1.82, 2.24) is 10.2 Å². The van der Waals surface area contributed by atoms with E-state index in [1.54, 1.807) is 25.1 Å². The van der Waals surface area contributed by atoms with Gasteiger partial charge >= 0.3 is 0 Å². The number of ether oxygens (including phenoxy) is 1. The molecule has 0 aliphatic rings. The van der Waals surface area contributed by atoms with Crippen LogP contribution in [0, 0.1) is 6.92 Å². The number of halogens is 1. The molecular formula is C20H30ClN3O4. The maximum absolute atomic E-state index is 13.0. The number of hydrogen-bond donors (Lipinski definition) is 2. The number of rotatable bonds is 11. The predicted octanol–water partition coefficient (Wildman–Crippen LogP) is 2.42. The Bertz CT molecular complexity index is 696. The maximum atomic E-state index is 13.0. The van der Waals surface area contributed by atoms with E-state index in [1.165, 1.54) is 4.90 Å². The number of benzene rings is 1. The van der Waals surface area contributed by atoms with E-state index >= 15 is 0 Å². The third-order valence-corrected chi connectivity index (χ3v) is 4.43. The van der Waals surface area contributed by atoms with Gasteiger partial charge in [-0.15, -0.1) is 0 Å². The fourth-order valence-corrected chi connectivity index (χ4v) is 2.98. The molecule has 0 fully saturated rings. The van der Waals surface area contributed by atoms with Crippen molar-refractivity contribution in [2.24, 2.45) is 5.73 Å². The summed E-state index contributed by atoms with van der Waals surface area (Å²) in [5.41, 5.74) is 6.30. The van der Waals surface area contributed by atoms with Gasteiger partial charge in [0.25, 0.3) is 5.91 Å². The number of hydrogen-bond acceptors (Lipinski definition) is 4. The quantitative estimate of drug-likeness (QED) is 0.583. The number of primary amides is 1. The van der Waals surface area contributed by atoms with Crippen LogP contribution in [0.5, 0.6) is 5.75 Å². The molecule has 0 aliphatic carbocycles. The van der Waals surface area contributed by atoms with E-state index < -0.39 is 24.0 Å². The van der Waals surface area contributed by atoms with Crippen molar-refractivity contribution in [3.8, 4) is 5.75 Å². The van der Waals surface area contributed by atoms with Crippen LogP contribution in [0.1, 0.15) is 45.6 Å². The molecule has 0 spiro atoms. The van der Waals surface area contributed by atoms with Crippen molar-refractivity contribution in [2.45, 2.75) is 59.1 Å². The molecule has 0 bridgehead atoms. The molecule has 156 valence electrons. The van der Waals surface area contributed by atoms with E-state index in [0.29, 0.717) is 30.3 Å². The average Bonchev–Trinajstić information content (AvgIpc) is 2.64. The van der Waals surface area contributed by atoms with Crippen molar-refractivity contribution in [1.29, 1.82) is 0 Å². The van der Waals surface area contributed by atoms with Gasteiger partial charge in [-0.05, 0) is 50.5 Å². The molecule has 1 aromatic rings. The summed E-state index contributed by atoms with van der Waals surface area (Å²) in [5, 5.41) is 3.28. The van der Waals surface area contributed by atoms with Crippen molar-refractivity contribution >= 4 is 29.3 Å². The van der Waals surface area contributed by atoms with E-state index in [4.69, 9.17) is 22.1 Å². The minimum atomic E-state index is -1.03. The van der Waals surface area contributed by atoms with Crippen molar-refractivity contribution < 1.29 is 19.1 Å². The van der Waals surface area contributed by atoms with Gasteiger partial charge in [-0.3, -0.25) is 14.4 Å². The highest BCUT2D eigenvalue weighted by Crippen LogP contribution is 2.23. The Labute approximate surface area is 171 Å². The van der Waals surface area contributed by atoms with Crippen LogP contribution in [0.15, 0.2) is 18.2 Å². The number of nitrogens with one attached hydrogen (secondary N) is 1. The summed E-state index contributed by atoms with van der Waals surface area (Å²) < 4.78 is 5.79. The van der Waals surface area contributed by atoms with E-state index in [-0.39, 0.29) is 12.3 Å². The van der Waals surface area contributed by atoms with Gasteiger partial charge in [-0.2, -0.15) is 0 Å². The van der Waals surface area contributed by atoms with Crippen LogP contribution in [-0.2, 0) is 14.4 Å². The zero-order valence-corrected chi connectivity index (χ0v) is 17.7. The molecule has 8 heteroatoms. The Hall–Kier alpha value is -2.28. The molecule has 2 atom stereocenters. The first-order valence-corrected chi connectivity index (χ1v) is 9.88. The number of carbonyl (C=O) groups excluding carboxylic acids is 3. The van der Waals surface area contributed by atoms with Gasteiger partial charge in [0, 0.05) is 18.1 Å². The summed E-state index contributed by atoms with van der Waals surface area (Å²) in [5.74, 6) is -0.911. The summed E-state index contributed by atoms with van der Waals surface area (Å²) in [4.78, 5) is 38.4. The standard InChI is InChI=1S/C20H30ClN3O4/c1-5-9-23-18(25)12-16(19(22)26)24(10-6-2)20(27)14(4)28-17-8-7-15(21)11-13(17)3/h7-8,11,14,16H,5-6,9-10,12H2,1-4H3,(H2,22,26)(H,23,25)/t14-,16+/m1/s1. The van der Waals surface area contributed by atoms with Crippen molar-refractivity contribution in [2.75, 3.05) is 13.1 Å². The largest absolute Gasteiger partial charge is 0.481 e. The van der Waals surface area contributed by atoms with Gasteiger partial charge in [0.1, 0.15) is 11.8 Å². The van der Waals surface area contributed by atoms with Crippen molar-refractivity contribution in [3.63, 3.8) is 0 Å². The zero-order chi connectivity index (χ0) is 21.3. The van der Waals surface area contributed by atoms with Gasteiger partial charge in [0.2, 0.25) is 11.8 Å². The minimum Gasteiger partial charge on any atom is -0.481 e. The Balaban J connectivity index is 2.96. The predicted molar refractivity (Wildman–Crippen MR) is 109 cm³/mol. The molecular weight excluding hydrogens is 382 g/mol. The minimum absolute atomic E-state index is 0.173. The number of nitrogens with zero attached hydrogens (tertiary/aromatic N) is 1. The fraction of sp³-hybridized carbons (Fsp3) is 0.550. The molecule has 0 heterocycles. The summed E-state index contributed by atoms with van der Waals surface area (Å²) in [6, 6.07) is 4.08. The number of nitrogens with two attached hydrogens (primary N) is 1. The SMILES string of the molecule is CCCNC(=O)C[C@@H](C(N)=O)N(CCC)C(=O)[C@@H](C)Oc1ccc(Cl)cc1C. The Morgan fingerprint density at radius 2 is 1.93 bits per heavy atom. The lowest BCUT2D eigenvalue weighted by Crippen LogP contribution is -2.53. The van der Waals surface area contributed by atoms with Gasteiger partial charge in [0.05, 0.1) is 6.42 Å². The summed E-state index contributed by atoms with van der Waals surface area (Å²) in [6.45, 7) is 8.03. The number of amides is 3. The second-order valence-corrected chi connectivity index (χ2v) is 7.11. The first-order chi connectivity index (χ1) is 13.2. The third kappa shape index (κ3) is 7.03. The summed E-state index contributed by atoms with van der Waals surface area (Å²) >= 11 is 5.95. The average molecular weight is 412 g/mol. The molecule has 1 rings (SSSR count). The molecule has 7 nitrogen and oxygen atoms in total. The topological polar surface area (TPSA) is 102 Å². The van der Waals surface area contributed by atoms with Gasteiger partial charge in [-0.25, -0.2) is 0 Å². The zero-order valence-electron chi connectivity index (χ0n) is 17.0.